The smallest absolute Gasteiger partial charge is 0.320 e. The molecule has 1 aromatic carbocycles. The maximum Gasteiger partial charge on any atom is 0.320 e. The lowest BCUT2D eigenvalue weighted by molar-refractivity contribution is 0.0741. The molecule has 3 amide bonds. The van der Waals surface area contributed by atoms with Crippen LogP contribution in [0.25, 0.3) is 0 Å². The number of carbonyl (C=O) groups excluding carboxylic acids is 2. The van der Waals surface area contributed by atoms with Crippen molar-refractivity contribution in [3.05, 3.63) is 68.7 Å². The number of urea groups is 1. The monoisotopic (exact) mass is 613 g/mol. The second-order valence-corrected chi connectivity index (χ2v) is 12.4. The Balaban J connectivity index is 0.969. The van der Waals surface area contributed by atoms with Gasteiger partial charge in [0.25, 0.3) is 5.91 Å². The topological polar surface area (TPSA) is 76.1 Å². The molecule has 0 bridgehead atoms. The van der Waals surface area contributed by atoms with E-state index in [9.17, 15) is 9.59 Å². The first kappa shape index (κ1) is 28.1. The molecule has 216 valence electrons. The average molecular weight is 615 g/mol. The van der Waals surface area contributed by atoms with Crippen molar-refractivity contribution in [2.24, 2.45) is 0 Å². The maximum atomic E-state index is 13.2. The Morgan fingerprint density at radius 2 is 1.46 bits per heavy atom. The summed E-state index contributed by atoms with van der Waals surface area (Å²) in [6.07, 6.45) is 3.53. The van der Waals surface area contributed by atoms with Crippen LogP contribution >= 0.6 is 34.5 Å². The third kappa shape index (κ3) is 6.24. The van der Waals surface area contributed by atoms with Gasteiger partial charge in [-0.25, -0.2) is 14.8 Å². The lowest BCUT2D eigenvalue weighted by Crippen LogP contribution is -2.54. The molecule has 2 aromatic heterocycles. The van der Waals surface area contributed by atoms with Gasteiger partial charge in [0.05, 0.1) is 15.1 Å². The van der Waals surface area contributed by atoms with Crippen LogP contribution < -0.4 is 9.80 Å². The summed E-state index contributed by atoms with van der Waals surface area (Å²) in [5.74, 6) is 1.23. The number of nitrogens with zero attached hydrogens (tertiary/aromatic N) is 7. The maximum absolute atomic E-state index is 13.2. The number of benzene rings is 1. The van der Waals surface area contributed by atoms with Crippen LogP contribution in [0.3, 0.4) is 0 Å². The zero-order valence-corrected chi connectivity index (χ0v) is 25.1. The minimum absolute atomic E-state index is 0.0150. The van der Waals surface area contributed by atoms with Crippen molar-refractivity contribution in [1.29, 1.82) is 0 Å². The zero-order valence-electron chi connectivity index (χ0n) is 22.8. The summed E-state index contributed by atoms with van der Waals surface area (Å²) in [6.45, 7) is 7.12. The van der Waals surface area contributed by atoms with Crippen LogP contribution in [0.2, 0.25) is 10.0 Å². The number of thiazole rings is 1. The summed E-state index contributed by atoms with van der Waals surface area (Å²) in [5.41, 5.74) is 1.54. The van der Waals surface area contributed by atoms with Crippen LogP contribution in [0.4, 0.5) is 16.3 Å². The Kier molecular flexibility index (Phi) is 8.50. The van der Waals surface area contributed by atoms with Crippen molar-refractivity contribution in [3.63, 3.8) is 0 Å². The molecular weight excluding hydrogens is 581 g/mol. The molecule has 0 spiro atoms. The van der Waals surface area contributed by atoms with Gasteiger partial charge in [-0.3, -0.25) is 4.79 Å². The van der Waals surface area contributed by atoms with Crippen LogP contribution in [0.15, 0.2) is 48.0 Å². The van der Waals surface area contributed by atoms with Crippen molar-refractivity contribution >= 4 is 58.0 Å². The molecule has 0 atom stereocenters. The quantitative estimate of drug-likeness (QED) is 0.415. The number of likely N-dealkylation sites (tertiary alicyclic amines) is 1. The Hall–Kier alpha value is -3.08. The molecule has 6 rings (SSSR count). The summed E-state index contributed by atoms with van der Waals surface area (Å²) < 4.78 is 0. The number of hydrogen-bond donors (Lipinski definition) is 0. The molecule has 41 heavy (non-hydrogen) atoms. The van der Waals surface area contributed by atoms with Crippen LogP contribution in [0.5, 0.6) is 0 Å². The van der Waals surface area contributed by atoms with Gasteiger partial charge in [-0.15, -0.1) is 11.3 Å². The third-order valence-corrected chi connectivity index (χ3v) is 9.96. The molecular formula is C29H33Cl2N7O2S. The lowest BCUT2D eigenvalue weighted by Gasteiger charge is -2.39. The highest BCUT2D eigenvalue weighted by Crippen LogP contribution is 2.32. The molecule has 3 fully saturated rings. The minimum Gasteiger partial charge on any atom is -0.368 e. The Morgan fingerprint density at radius 1 is 0.780 bits per heavy atom. The van der Waals surface area contributed by atoms with Crippen molar-refractivity contribution in [2.45, 2.75) is 18.8 Å². The molecule has 0 N–H and O–H groups in total. The molecule has 0 saturated carbocycles. The number of amides is 3. The van der Waals surface area contributed by atoms with Crippen LogP contribution in [-0.2, 0) is 0 Å². The van der Waals surface area contributed by atoms with E-state index in [1.54, 1.807) is 23.6 Å². The molecule has 3 aliphatic heterocycles. The number of piperazine rings is 2. The highest BCUT2D eigenvalue weighted by molar-refractivity contribution is 7.09. The number of aromatic nitrogens is 2. The third-order valence-electron chi connectivity index (χ3n) is 8.21. The van der Waals surface area contributed by atoms with Crippen LogP contribution in [0, 0.1) is 0 Å². The van der Waals surface area contributed by atoms with E-state index in [1.807, 2.05) is 50.4 Å². The fourth-order valence-electron chi connectivity index (χ4n) is 5.77. The highest BCUT2D eigenvalue weighted by Gasteiger charge is 2.31. The van der Waals surface area contributed by atoms with E-state index in [0.29, 0.717) is 55.0 Å². The summed E-state index contributed by atoms with van der Waals surface area (Å²) in [7, 11) is 0. The second kappa shape index (κ2) is 12.4. The predicted molar refractivity (Wildman–Crippen MR) is 164 cm³/mol. The fourth-order valence-corrected chi connectivity index (χ4v) is 7.03. The van der Waals surface area contributed by atoms with Gasteiger partial charge >= 0.3 is 6.03 Å². The van der Waals surface area contributed by atoms with E-state index in [4.69, 9.17) is 28.2 Å². The largest absolute Gasteiger partial charge is 0.368 e. The normalized spacial score (nSPS) is 18.6. The van der Waals surface area contributed by atoms with Gasteiger partial charge in [0.1, 0.15) is 11.5 Å². The van der Waals surface area contributed by atoms with E-state index < -0.39 is 0 Å². The van der Waals surface area contributed by atoms with Gasteiger partial charge in [0, 0.05) is 88.6 Å². The number of piperidine rings is 1. The van der Waals surface area contributed by atoms with Gasteiger partial charge < -0.3 is 24.5 Å². The highest BCUT2D eigenvalue weighted by atomic mass is 35.5. The zero-order chi connectivity index (χ0) is 28.3. The number of anilines is 2. The molecule has 3 saturated heterocycles. The average Bonchev–Trinajstić information content (AvgIpc) is 3.53. The SMILES string of the molecule is O=C(c1csc(C2CCN(C(=O)N3CCN(c4ccccn4)CC3)CC2)n1)N1CCN(c2ccc(Cl)c(Cl)c2)CC1. The predicted octanol–water partition coefficient (Wildman–Crippen LogP) is 4.93. The molecule has 3 aromatic rings. The van der Waals surface area contributed by atoms with Gasteiger partial charge in [0.15, 0.2) is 0 Å². The Bertz CT molecular complexity index is 1370. The van der Waals surface area contributed by atoms with Crippen LogP contribution in [-0.4, -0.2) is 102 Å². The first-order chi connectivity index (χ1) is 20.0. The summed E-state index contributed by atoms with van der Waals surface area (Å²) in [4.78, 5) is 45.9. The van der Waals surface area contributed by atoms with E-state index in [0.717, 1.165) is 55.5 Å². The number of pyridine rings is 1. The molecule has 9 nitrogen and oxygen atoms in total. The Morgan fingerprint density at radius 3 is 2.15 bits per heavy atom. The van der Waals surface area contributed by atoms with E-state index >= 15 is 0 Å². The molecule has 0 radical (unpaired) electrons. The van der Waals surface area contributed by atoms with Gasteiger partial charge in [-0.2, -0.15) is 0 Å². The lowest BCUT2D eigenvalue weighted by atomic mass is 9.98. The number of hydrogen-bond acceptors (Lipinski definition) is 7. The first-order valence-corrected chi connectivity index (χ1v) is 15.7. The summed E-state index contributed by atoms with van der Waals surface area (Å²) in [5, 5.41) is 3.96. The van der Waals surface area contributed by atoms with Crippen molar-refractivity contribution < 1.29 is 9.59 Å². The second-order valence-electron chi connectivity index (χ2n) is 10.7. The van der Waals surface area contributed by atoms with Gasteiger partial charge in [-0.1, -0.05) is 29.3 Å². The van der Waals surface area contributed by atoms with Crippen LogP contribution in [0.1, 0.15) is 34.3 Å². The number of carbonyl (C=O) groups is 2. The van der Waals surface area contributed by atoms with Crippen molar-refractivity contribution in [1.82, 2.24) is 24.7 Å². The number of rotatable bonds is 4. The van der Waals surface area contributed by atoms with Crippen molar-refractivity contribution in [2.75, 3.05) is 75.2 Å². The van der Waals surface area contributed by atoms with Gasteiger partial charge in [0.2, 0.25) is 0 Å². The molecule has 0 unspecified atom stereocenters. The van der Waals surface area contributed by atoms with E-state index in [-0.39, 0.29) is 17.9 Å². The molecule has 5 heterocycles. The summed E-state index contributed by atoms with van der Waals surface area (Å²) >= 11 is 13.8. The molecule has 0 aliphatic carbocycles. The Labute approximate surface area is 254 Å². The fraction of sp³-hybridized carbons (Fsp3) is 0.448. The van der Waals surface area contributed by atoms with Gasteiger partial charge in [-0.05, 0) is 43.2 Å². The van der Waals surface area contributed by atoms with E-state index in [2.05, 4.69) is 14.8 Å². The summed E-state index contributed by atoms with van der Waals surface area (Å²) in [6, 6.07) is 11.7. The minimum atomic E-state index is -0.0150. The van der Waals surface area contributed by atoms with E-state index in [1.165, 1.54) is 0 Å². The standard InChI is InChI=1S/C29H33Cl2N7O2S/c30-23-5-4-22(19-24(23)31)34-11-15-36(16-12-34)28(39)25-20-41-27(33-25)21-6-9-37(10-7-21)29(40)38-17-13-35(14-18-38)26-3-1-2-8-32-26/h1-5,8,19-21H,6-7,9-18H2. The van der Waals surface area contributed by atoms with Crippen molar-refractivity contribution in [3.8, 4) is 0 Å². The molecule has 12 heteroatoms. The number of halogens is 2. The molecule has 3 aliphatic rings. The first-order valence-electron chi connectivity index (χ1n) is 14.1.